The standard InChI is InChI=1S/C15H24BrN3OS/c1-3-11(17)14(12-6-7-13(16)21-12)19-8-10(15(18)20)5-4-9(19)2/h6-7,9-11,14H,3-5,8,17H2,1-2H3,(H2,18,20). The van der Waals surface area contributed by atoms with Crippen molar-refractivity contribution in [2.75, 3.05) is 6.54 Å². The van der Waals surface area contributed by atoms with E-state index in [0.717, 1.165) is 23.0 Å². The highest BCUT2D eigenvalue weighted by Crippen LogP contribution is 2.37. The van der Waals surface area contributed by atoms with Gasteiger partial charge in [-0.25, -0.2) is 0 Å². The summed E-state index contributed by atoms with van der Waals surface area (Å²) in [5.41, 5.74) is 11.9. The van der Waals surface area contributed by atoms with Crippen LogP contribution in [0.4, 0.5) is 0 Å². The minimum Gasteiger partial charge on any atom is -0.369 e. The molecule has 0 saturated carbocycles. The Morgan fingerprint density at radius 2 is 2.24 bits per heavy atom. The summed E-state index contributed by atoms with van der Waals surface area (Å²) < 4.78 is 1.11. The molecule has 4 unspecified atom stereocenters. The lowest BCUT2D eigenvalue weighted by atomic mass is 9.89. The van der Waals surface area contributed by atoms with Crippen LogP contribution in [-0.4, -0.2) is 29.4 Å². The van der Waals surface area contributed by atoms with Crippen LogP contribution in [0.5, 0.6) is 0 Å². The molecule has 1 fully saturated rings. The number of piperidine rings is 1. The van der Waals surface area contributed by atoms with E-state index < -0.39 is 0 Å². The van der Waals surface area contributed by atoms with Crippen molar-refractivity contribution in [2.45, 2.75) is 51.2 Å². The zero-order chi connectivity index (χ0) is 15.6. The molecular formula is C15H24BrN3OS. The Bertz CT molecular complexity index is 493. The Morgan fingerprint density at radius 3 is 2.76 bits per heavy atom. The summed E-state index contributed by atoms with van der Waals surface area (Å²) in [6.45, 7) is 5.04. The molecule has 1 aromatic heterocycles. The molecule has 2 heterocycles. The van der Waals surface area contributed by atoms with E-state index in [4.69, 9.17) is 11.5 Å². The van der Waals surface area contributed by atoms with Crippen LogP contribution in [0.25, 0.3) is 0 Å². The second-order valence-electron chi connectivity index (χ2n) is 5.88. The zero-order valence-corrected chi connectivity index (χ0v) is 15.0. The smallest absolute Gasteiger partial charge is 0.221 e. The topological polar surface area (TPSA) is 72.3 Å². The average Bonchev–Trinajstić information content (AvgIpc) is 2.86. The highest BCUT2D eigenvalue weighted by Gasteiger charge is 2.36. The van der Waals surface area contributed by atoms with E-state index >= 15 is 0 Å². The number of thiophene rings is 1. The van der Waals surface area contributed by atoms with E-state index in [0.29, 0.717) is 12.6 Å². The van der Waals surface area contributed by atoms with Gasteiger partial charge in [0.25, 0.3) is 0 Å². The Balaban J connectivity index is 2.28. The van der Waals surface area contributed by atoms with Gasteiger partial charge in [0.2, 0.25) is 5.91 Å². The van der Waals surface area contributed by atoms with Crippen LogP contribution in [-0.2, 0) is 4.79 Å². The van der Waals surface area contributed by atoms with E-state index in [-0.39, 0.29) is 23.9 Å². The number of hydrogen-bond acceptors (Lipinski definition) is 4. The van der Waals surface area contributed by atoms with Crippen LogP contribution >= 0.6 is 27.3 Å². The Hall–Kier alpha value is -0.430. The van der Waals surface area contributed by atoms with Crippen molar-refractivity contribution in [1.82, 2.24) is 4.90 Å². The van der Waals surface area contributed by atoms with E-state index in [9.17, 15) is 4.79 Å². The monoisotopic (exact) mass is 373 g/mol. The number of rotatable bonds is 5. The van der Waals surface area contributed by atoms with E-state index in [1.807, 2.05) is 0 Å². The van der Waals surface area contributed by atoms with Gasteiger partial charge in [-0.05, 0) is 54.2 Å². The second kappa shape index (κ2) is 7.22. The maximum absolute atomic E-state index is 11.6. The summed E-state index contributed by atoms with van der Waals surface area (Å²) in [7, 11) is 0. The fourth-order valence-corrected chi connectivity index (χ4v) is 4.71. The summed E-state index contributed by atoms with van der Waals surface area (Å²) in [6.07, 6.45) is 2.78. The van der Waals surface area contributed by atoms with Gasteiger partial charge in [-0.1, -0.05) is 6.92 Å². The van der Waals surface area contributed by atoms with Crippen LogP contribution < -0.4 is 11.5 Å². The van der Waals surface area contributed by atoms with Gasteiger partial charge >= 0.3 is 0 Å². The third kappa shape index (κ3) is 3.86. The minimum atomic E-state index is -0.192. The molecule has 1 aliphatic heterocycles. The highest BCUT2D eigenvalue weighted by atomic mass is 79.9. The van der Waals surface area contributed by atoms with Crippen molar-refractivity contribution in [3.63, 3.8) is 0 Å². The number of nitrogens with two attached hydrogens (primary N) is 2. The lowest BCUT2D eigenvalue weighted by molar-refractivity contribution is -0.124. The summed E-state index contributed by atoms with van der Waals surface area (Å²) in [4.78, 5) is 15.2. The molecule has 4 nitrogen and oxygen atoms in total. The molecule has 1 amide bonds. The third-order valence-electron chi connectivity index (χ3n) is 4.45. The number of nitrogens with zero attached hydrogens (tertiary/aromatic N) is 1. The van der Waals surface area contributed by atoms with Gasteiger partial charge < -0.3 is 11.5 Å². The van der Waals surface area contributed by atoms with Crippen molar-refractivity contribution in [3.05, 3.63) is 20.8 Å². The Kier molecular flexibility index (Phi) is 5.82. The first-order valence-corrected chi connectivity index (χ1v) is 9.10. The maximum atomic E-state index is 11.6. The molecule has 4 atom stereocenters. The molecule has 0 aromatic carbocycles. The second-order valence-corrected chi connectivity index (χ2v) is 8.38. The summed E-state index contributed by atoms with van der Waals surface area (Å²) >= 11 is 5.25. The van der Waals surface area contributed by atoms with Crippen LogP contribution in [0.1, 0.15) is 44.0 Å². The average molecular weight is 374 g/mol. The van der Waals surface area contributed by atoms with E-state index in [1.165, 1.54) is 4.88 Å². The Morgan fingerprint density at radius 1 is 1.52 bits per heavy atom. The van der Waals surface area contributed by atoms with Gasteiger partial charge in [-0.3, -0.25) is 9.69 Å². The number of primary amides is 1. The lowest BCUT2D eigenvalue weighted by Crippen LogP contribution is -2.51. The molecule has 0 aliphatic carbocycles. The summed E-state index contributed by atoms with van der Waals surface area (Å²) in [6, 6.07) is 4.84. The number of carbonyl (C=O) groups excluding carboxylic acids is 1. The lowest BCUT2D eigenvalue weighted by Gasteiger charge is -2.43. The van der Waals surface area contributed by atoms with Gasteiger partial charge in [0.1, 0.15) is 0 Å². The first kappa shape index (κ1) is 16.9. The Labute approximate surface area is 139 Å². The number of carbonyl (C=O) groups is 1. The number of amides is 1. The number of likely N-dealkylation sites (tertiary alicyclic amines) is 1. The SMILES string of the molecule is CCC(N)C(c1ccc(Br)s1)N1CC(C(N)=O)CCC1C. The first-order valence-electron chi connectivity index (χ1n) is 7.49. The number of halogens is 1. The zero-order valence-electron chi connectivity index (χ0n) is 12.6. The van der Waals surface area contributed by atoms with Gasteiger partial charge in [-0.15, -0.1) is 11.3 Å². The van der Waals surface area contributed by atoms with Crippen molar-refractivity contribution in [1.29, 1.82) is 0 Å². The summed E-state index contributed by atoms with van der Waals surface area (Å²) in [5.74, 6) is -0.251. The molecule has 4 N–H and O–H groups in total. The fourth-order valence-electron chi connectivity index (χ4n) is 3.08. The van der Waals surface area contributed by atoms with E-state index in [2.05, 4.69) is 46.8 Å². The van der Waals surface area contributed by atoms with Gasteiger partial charge in [-0.2, -0.15) is 0 Å². The van der Waals surface area contributed by atoms with Gasteiger partial charge in [0, 0.05) is 23.5 Å². The predicted molar refractivity (Wildman–Crippen MR) is 91.1 cm³/mol. The van der Waals surface area contributed by atoms with Crippen LogP contribution in [0.2, 0.25) is 0 Å². The minimum absolute atomic E-state index is 0.0591. The van der Waals surface area contributed by atoms with Crippen molar-refractivity contribution in [3.8, 4) is 0 Å². The largest absolute Gasteiger partial charge is 0.369 e. The number of hydrogen-bond donors (Lipinski definition) is 2. The molecule has 1 aliphatic rings. The molecule has 1 aromatic rings. The molecule has 1 saturated heterocycles. The van der Waals surface area contributed by atoms with Gasteiger partial charge in [0.15, 0.2) is 0 Å². The van der Waals surface area contributed by atoms with Crippen LogP contribution in [0.15, 0.2) is 15.9 Å². The van der Waals surface area contributed by atoms with Crippen LogP contribution in [0.3, 0.4) is 0 Å². The molecule has 6 heteroatoms. The summed E-state index contributed by atoms with van der Waals surface area (Å²) in [5, 5.41) is 0. The van der Waals surface area contributed by atoms with Crippen molar-refractivity contribution < 1.29 is 4.79 Å². The molecule has 2 rings (SSSR count). The predicted octanol–water partition coefficient (Wildman–Crippen LogP) is 2.87. The van der Waals surface area contributed by atoms with Crippen molar-refractivity contribution >= 4 is 33.2 Å². The first-order chi connectivity index (χ1) is 9.93. The molecular weight excluding hydrogens is 350 g/mol. The third-order valence-corrected chi connectivity index (χ3v) is 6.15. The van der Waals surface area contributed by atoms with Crippen molar-refractivity contribution in [2.24, 2.45) is 17.4 Å². The fraction of sp³-hybridized carbons (Fsp3) is 0.667. The molecule has 0 spiro atoms. The van der Waals surface area contributed by atoms with Gasteiger partial charge in [0.05, 0.1) is 15.7 Å². The maximum Gasteiger partial charge on any atom is 0.221 e. The molecule has 0 bridgehead atoms. The molecule has 0 radical (unpaired) electrons. The molecule has 118 valence electrons. The quantitative estimate of drug-likeness (QED) is 0.833. The normalized spacial score (nSPS) is 26.5. The van der Waals surface area contributed by atoms with E-state index in [1.54, 1.807) is 11.3 Å². The highest BCUT2D eigenvalue weighted by molar-refractivity contribution is 9.11. The van der Waals surface area contributed by atoms with Crippen LogP contribution in [0, 0.1) is 5.92 Å². The molecule has 21 heavy (non-hydrogen) atoms.